The second-order valence-corrected chi connectivity index (χ2v) is 19.8. The Hall–Kier alpha value is -8.99. The number of nitrogens with zero attached hydrogens (tertiary/aromatic N) is 9. The first-order valence-corrected chi connectivity index (χ1v) is 25.9. The van der Waals surface area contributed by atoms with Crippen molar-refractivity contribution >= 4 is 52.5 Å². The largest absolute Gasteiger partial charge is 0.491 e. The Morgan fingerprint density at radius 1 is 0.833 bits per heavy atom. The molecule has 2 aromatic heterocycles. The first-order valence-electron chi connectivity index (χ1n) is 25.9. The summed E-state index contributed by atoms with van der Waals surface area (Å²) in [6.07, 6.45) is 2.31. The van der Waals surface area contributed by atoms with E-state index < -0.39 is 77.3 Å². The van der Waals surface area contributed by atoms with Crippen molar-refractivity contribution in [2.24, 2.45) is 11.8 Å². The minimum absolute atomic E-state index is 0.101. The Labute approximate surface area is 449 Å². The Bertz CT molecular complexity index is 3450. The molecular formula is C59H56N10O9. The van der Waals surface area contributed by atoms with Gasteiger partial charge in [0.15, 0.2) is 0 Å². The Balaban J connectivity index is 1.18. The topological polar surface area (TPSA) is 215 Å². The number of carbonyl (C=O) groups excluding carboxylic acids is 5. The fraction of sp³-hybridized carbons (Fsp3) is 0.305. The smallest absolute Gasteiger partial charge is 0.329 e. The summed E-state index contributed by atoms with van der Waals surface area (Å²) in [7, 11) is 1.21. The number of morpholine rings is 1. The molecule has 19 nitrogen and oxygen atoms in total. The van der Waals surface area contributed by atoms with Crippen LogP contribution in [0.25, 0.3) is 11.0 Å². The van der Waals surface area contributed by atoms with Gasteiger partial charge in [-0.3, -0.25) is 19.3 Å². The van der Waals surface area contributed by atoms with E-state index in [9.17, 15) is 9.90 Å². The summed E-state index contributed by atoms with van der Waals surface area (Å²) in [5, 5.41) is 21.6. The Morgan fingerprint density at radius 3 is 2.24 bits per heavy atom. The van der Waals surface area contributed by atoms with Crippen LogP contribution in [0.5, 0.6) is 5.75 Å². The lowest BCUT2D eigenvalue weighted by atomic mass is 9.64. The number of aromatic nitrogens is 5. The molecule has 0 radical (unpaired) electrons. The number of ether oxygens (including phenoxy) is 3. The number of cyclic esters (lactones) is 1. The van der Waals surface area contributed by atoms with E-state index >= 15 is 19.2 Å². The van der Waals surface area contributed by atoms with Gasteiger partial charge in [0, 0.05) is 49.7 Å². The number of carbonyl (C=O) groups is 5. The van der Waals surface area contributed by atoms with Crippen LogP contribution < -0.4 is 19.9 Å². The van der Waals surface area contributed by atoms with Gasteiger partial charge in [0.1, 0.15) is 48.0 Å². The Morgan fingerprint density at radius 2 is 1.53 bits per heavy atom. The minimum atomic E-state index is -2.18. The third-order valence-electron chi connectivity index (χ3n) is 15.2. The van der Waals surface area contributed by atoms with Crippen molar-refractivity contribution in [3.05, 3.63) is 174 Å². The number of urea groups is 1. The van der Waals surface area contributed by atoms with Crippen molar-refractivity contribution < 1.29 is 43.3 Å². The van der Waals surface area contributed by atoms with E-state index in [1.165, 1.54) is 7.11 Å². The van der Waals surface area contributed by atoms with Crippen LogP contribution in [0.1, 0.15) is 59.9 Å². The first-order chi connectivity index (χ1) is 38.0. The molecule has 3 fully saturated rings. The molecule has 19 heteroatoms. The fourth-order valence-electron chi connectivity index (χ4n) is 11.8. The standard InChI is InChI=1S/C59H56N10O9/c1-37(2)48(54(72)76-3)62-58(75)68-44-26-25-38(16-14-29-67-45-23-12-11-22-43(45)63-64-67)36-42(44)59(56(68)74)47(53(71)65-30-32-66(33-31-65)57-60-27-15-28-61-57)50-55(73)78-51(40-19-8-5-9-20-40)49(39-17-6-4-7-18-39)69(50)52(59)41-21-10-13-24-46(41)77-35-34-70/h4-13,15,17-28,36-37,47-52,70H,29-35H2,1-3H3,(H,62,75)/t47-,48-,49-,50-,51+,52+,59-/m0/s1. The number of piperazine rings is 1. The number of methoxy groups -OCH3 is 1. The van der Waals surface area contributed by atoms with Gasteiger partial charge in [-0.2, -0.15) is 0 Å². The van der Waals surface area contributed by atoms with E-state index in [1.54, 1.807) is 84.4 Å². The van der Waals surface area contributed by atoms with E-state index in [1.807, 2.05) is 94.7 Å². The third kappa shape index (κ3) is 8.91. The van der Waals surface area contributed by atoms with Gasteiger partial charge in [0.05, 0.1) is 42.9 Å². The average Bonchev–Trinajstić information content (AvgIpc) is 4.32. The van der Waals surface area contributed by atoms with Gasteiger partial charge in [0.2, 0.25) is 17.8 Å². The van der Waals surface area contributed by atoms with Gasteiger partial charge in [-0.25, -0.2) is 29.1 Å². The molecule has 11 rings (SSSR count). The number of aliphatic hydroxyl groups excluding tert-OH is 1. The molecule has 2 N–H and O–H groups in total. The monoisotopic (exact) mass is 1050 g/mol. The molecule has 4 amide bonds. The predicted molar refractivity (Wildman–Crippen MR) is 285 cm³/mol. The maximum Gasteiger partial charge on any atom is 0.329 e. The number of fused-ring (bicyclic) bond motifs is 4. The number of rotatable bonds is 12. The van der Waals surface area contributed by atoms with Crippen LogP contribution in [0.4, 0.5) is 16.4 Å². The van der Waals surface area contributed by atoms with E-state index in [4.69, 9.17) is 14.2 Å². The first kappa shape index (κ1) is 51.1. The molecule has 4 aliphatic rings. The van der Waals surface area contributed by atoms with Crippen molar-refractivity contribution in [1.29, 1.82) is 0 Å². The Kier molecular flexibility index (Phi) is 14.1. The highest BCUT2D eigenvalue weighted by Crippen LogP contribution is 2.67. The number of aliphatic hydroxyl groups is 1. The van der Waals surface area contributed by atoms with Gasteiger partial charge in [-0.1, -0.05) is 122 Å². The quantitative estimate of drug-likeness (QED) is 0.113. The average molecular weight is 1050 g/mol. The molecule has 0 aliphatic carbocycles. The molecule has 3 saturated heterocycles. The van der Waals surface area contributed by atoms with Crippen LogP contribution in [-0.2, 0) is 40.6 Å². The van der Waals surface area contributed by atoms with Crippen molar-refractivity contribution in [3.63, 3.8) is 0 Å². The molecule has 0 saturated carbocycles. The number of amides is 4. The number of benzene rings is 5. The molecule has 6 heterocycles. The highest BCUT2D eigenvalue weighted by atomic mass is 16.6. The highest BCUT2D eigenvalue weighted by molar-refractivity contribution is 6.25. The summed E-state index contributed by atoms with van der Waals surface area (Å²) < 4.78 is 19.9. The van der Waals surface area contributed by atoms with Crippen molar-refractivity contribution in [3.8, 4) is 17.6 Å². The summed E-state index contributed by atoms with van der Waals surface area (Å²) in [4.78, 5) is 93.6. The van der Waals surface area contributed by atoms with Gasteiger partial charge < -0.3 is 34.4 Å². The number of para-hydroxylation sites is 2. The number of hydrogen-bond donors (Lipinski definition) is 2. The van der Waals surface area contributed by atoms with E-state index in [2.05, 4.69) is 37.4 Å². The lowest BCUT2D eigenvalue weighted by Crippen LogP contribution is -2.60. The van der Waals surface area contributed by atoms with Gasteiger partial charge in [0.25, 0.3) is 0 Å². The van der Waals surface area contributed by atoms with Crippen LogP contribution >= 0.6 is 0 Å². The predicted octanol–water partition coefficient (Wildman–Crippen LogP) is 5.57. The van der Waals surface area contributed by atoms with Crippen LogP contribution in [0.2, 0.25) is 0 Å². The molecule has 7 atom stereocenters. The number of anilines is 2. The molecule has 0 bridgehead atoms. The minimum Gasteiger partial charge on any atom is -0.491 e. The molecule has 78 heavy (non-hydrogen) atoms. The van der Waals surface area contributed by atoms with Gasteiger partial charge in [-0.15, -0.1) is 5.10 Å². The summed E-state index contributed by atoms with van der Waals surface area (Å²) in [6, 6.07) is 34.2. The second-order valence-electron chi connectivity index (χ2n) is 19.8. The normalized spacial score (nSPS) is 22.1. The number of hydrogen-bond acceptors (Lipinski definition) is 15. The zero-order chi connectivity index (χ0) is 54.1. The van der Waals surface area contributed by atoms with E-state index in [0.717, 1.165) is 10.4 Å². The van der Waals surface area contributed by atoms with E-state index in [-0.39, 0.29) is 49.8 Å². The number of nitrogens with one attached hydrogen (secondary N) is 1. The molecule has 4 aliphatic heterocycles. The summed E-state index contributed by atoms with van der Waals surface area (Å²) in [5.41, 5.74) is 1.80. The van der Waals surface area contributed by atoms with E-state index in [0.29, 0.717) is 46.8 Å². The van der Waals surface area contributed by atoms with Crippen molar-refractivity contribution in [1.82, 2.24) is 40.1 Å². The molecular weight excluding hydrogens is 993 g/mol. The maximum atomic E-state index is 17.1. The summed E-state index contributed by atoms with van der Waals surface area (Å²) in [6.45, 7) is 4.08. The zero-order valence-corrected chi connectivity index (χ0v) is 43.1. The zero-order valence-electron chi connectivity index (χ0n) is 43.1. The number of imide groups is 1. The lowest BCUT2D eigenvalue weighted by Gasteiger charge is -2.46. The number of esters is 2. The molecule has 7 aromatic rings. The second kappa shape index (κ2) is 21.6. The SMILES string of the molecule is COC(=O)[C@@H](NC(=O)N1C(=O)[C@@]2(c3cc(C#CCn4nnc5ccccc54)ccc31)[C@H](C(=O)N1CCN(c3ncccn3)CC1)[C@H]1C(=O)O[C@H](c3ccccc3)[C@H](c3ccccc3)N1[C@@H]2c1ccccc1OCCO)C(C)C. The summed E-state index contributed by atoms with van der Waals surface area (Å²) >= 11 is 0. The van der Waals surface area contributed by atoms with Crippen LogP contribution in [-0.4, -0.2) is 128 Å². The fourth-order valence-corrected chi connectivity index (χ4v) is 11.8. The lowest BCUT2D eigenvalue weighted by molar-refractivity contribution is -0.179. The molecule has 396 valence electrons. The summed E-state index contributed by atoms with van der Waals surface area (Å²) in [5.74, 6) is 2.28. The third-order valence-corrected chi connectivity index (χ3v) is 15.2. The molecule has 1 spiro atoms. The van der Waals surface area contributed by atoms with Gasteiger partial charge in [-0.05, 0) is 65.1 Å². The van der Waals surface area contributed by atoms with Crippen LogP contribution in [0.15, 0.2) is 146 Å². The van der Waals surface area contributed by atoms with Crippen molar-refractivity contribution in [2.75, 3.05) is 56.3 Å². The maximum absolute atomic E-state index is 17.1. The molecule has 5 aromatic carbocycles. The van der Waals surface area contributed by atoms with Crippen LogP contribution in [0, 0.1) is 23.7 Å². The van der Waals surface area contributed by atoms with Crippen LogP contribution in [0.3, 0.4) is 0 Å². The highest BCUT2D eigenvalue weighted by Gasteiger charge is 2.76. The molecule has 0 unspecified atom stereocenters. The van der Waals surface area contributed by atoms with Crippen molar-refractivity contribution in [2.45, 2.75) is 56.1 Å². The van der Waals surface area contributed by atoms with Gasteiger partial charge >= 0.3 is 18.0 Å².